The van der Waals surface area contributed by atoms with E-state index >= 15 is 0 Å². The summed E-state index contributed by atoms with van der Waals surface area (Å²) in [6.07, 6.45) is -4.73. The molecule has 1 amide bonds. The van der Waals surface area contributed by atoms with Crippen LogP contribution in [0.4, 0.5) is 17.6 Å². The lowest BCUT2D eigenvalue weighted by Crippen LogP contribution is -2.48. The average Bonchev–Trinajstić information content (AvgIpc) is 3.34. The first-order valence-corrected chi connectivity index (χ1v) is 12.1. The fourth-order valence-electron chi connectivity index (χ4n) is 4.37. The van der Waals surface area contributed by atoms with Gasteiger partial charge in [0.15, 0.2) is 17.0 Å². The molecule has 2 aromatic carbocycles. The van der Waals surface area contributed by atoms with E-state index in [1.165, 1.54) is 30.2 Å². The summed E-state index contributed by atoms with van der Waals surface area (Å²) in [5, 5.41) is 4.30. The maximum atomic E-state index is 14.1. The highest BCUT2D eigenvalue weighted by Gasteiger charge is 2.36. The van der Waals surface area contributed by atoms with Crippen LogP contribution in [0.15, 0.2) is 54.6 Å². The Hall–Kier alpha value is -3.70. The fraction of sp³-hybridized carbons (Fsp3) is 0.269. The minimum atomic E-state index is -4.73. The van der Waals surface area contributed by atoms with Gasteiger partial charge in [0, 0.05) is 54.9 Å². The second kappa shape index (κ2) is 10.2. The molecule has 1 aliphatic heterocycles. The zero-order chi connectivity index (χ0) is 27.0. The maximum absolute atomic E-state index is 14.1. The van der Waals surface area contributed by atoms with Gasteiger partial charge in [-0.3, -0.25) is 9.69 Å². The summed E-state index contributed by atoms with van der Waals surface area (Å²) in [6.45, 7) is 1.77. The summed E-state index contributed by atoms with van der Waals surface area (Å²) in [7, 11) is 1.49. The Kier molecular flexibility index (Phi) is 6.97. The molecular formula is C26H22ClF4N5O2. The van der Waals surface area contributed by atoms with Gasteiger partial charge in [-0.05, 0) is 42.5 Å². The molecule has 0 atom stereocenters. The van der Waals surface area contributed by atoms with Crippen LogP contribution in [0.1, 0.15) is 21.7 Å². The molecule has 5 rings (SSSR count). The van der Waals surface area contributed by atoms with Crippen LogP contribution < -0.4 is 4.74 Å². The molecule has 0 bridgehead atoms. The summed E-state index contributed by atoms with van der Waals surface area (Å²) in [6, 6.07) is 13.1. The standard InChI is InChI=1S/C26H22ClF4N5O2/c1-38-17-7-5-16(6-8-17)21-13-23(26(29,30)31)36-24(32-21)14-22(33-36)25(37)35-11-9-34(10-12-35)15-18-19(27)3-2-4-20(18)28/h2-8,13-14H,9-12,15H2,1H3. The third-order valence-electron chi connectivity index (χ3n) is 6.43. The molecule has 1 aliphatic rings. The van der Waals surface area contributed by atoms with Crippen LogP contribution in [0.3, 0.4) is 0 Å². The van der Waals surface area contributed by atoms with Crippen molar-refractivity contribution in [3.63, 3.8) is 0 Å². The lowest BCUT2D eigenvalue weighted by molar-refractivity contribution is -0.142. The third kappa shape index (κ3) is 5.16. The van der Waals surface area contributed by atoms with Gasteiger partial charge in [-0.1, -0.05) is 17.7 Å². The minimum absolute atomic E-state index is 0.0896. The van der Waals surface area contributed by atoms with E-state index in [-0.39, 0.29) is 23.6 Å². The van der Waals surface area contributed by atoms with E-state index in [2.05, 4.69) is 10.1 Å². The van der Waals surface area contributed by atoms with Crippen LogP contribution in [0.25, 0.3) is 16.9 Å². The molecule has 12 heteroatoms. The molecule has 0 saturated carbocycles. The highest BCUT2D eigenvalue weighted by Crippen LogP contribution is 2.33. The number of rotatable bonds is 5. The lowest BCUT2D eigenvalue weighted by atomic mass is 10.1. The van der Waals surface area contributed by atoms with E-state index in [1.54, 1.807) is 30.3 Å². The number of halogens is 5. The number of alkyl halides is 3. The van der Waals surface area contributed by atoms with Crippen molar-refractivity contribution in [2.24, 2.45) is 0 Å². The molecule has 0 N–H and O–H groups in total. The zero-order valence-electron chi connectivity index (χ0n) is 20.2. The summed E-state index contributed by atoms with van der Waals surface area (Å²) >= 11 is 6.12. The second-order valence-electron chi connectivity index (χ2n) is 8.82. The van der Waals surface area contributed by atoms with Crippen LogP contribution in [-0.2, 0) is 12.7 Å². The normalized spacial score (nSPS) is 14.7. The van der Waals surface area contributed by atoms with Crippen molar-refractivity contribution in [2.45, 2.75) is 12.7 Å². The molecule has 38 heavy (non-hydrogen) atoms. The van der Waals surface area contributed by atoms with Gasteiger partial charge in [0.05, 0.1) is 12.8 Å². The van der Waals surface area contributed by atoms with Gasteiger partial charge in [0.25, 0.3) is 5.91 Å². The average molecular weight is 548 g/mol. The predicted molar refractivity (Wildman–Crippen MR) is 133 cm³/mol. The van der Waals surface area contributed by atoms with Crippen molar-refractivity contribution < 1.29 is 27.1 Å². The van der Waals surface area contributed by atoms with Gasteiger partial charge < -0.3 is 9.64 Å². The van der Waals surface area contributed by atoms with Crippen molar-refractivity contribution in [3.8, 4) is 17.0 Å². The summed E-state index contributed by atoms with van der Waals surface area (Å²) in [5.74, 6) is -0.346. The number of carbonyl (C=O) groups is 1. The Morgan fingerprint density at radius 2 is 1.76 bits per heavy atom. The number of nitrogens with zero attached hydrogens (tertiary/aromatic N) is 5. The van der Waals surface area contributed by atoms with E-state index in [1.807, 2.05) is 4.90 Å². The quantitative estimate of drug-likeness (QED) is 0.322. The Labute approximate surface area is 220 Å². The number of hydrogen-bond acceptors (Lipinski definition) is 5. The van der Waals surface area contributed by atoms with E-state index in [9.17, 15) is 22.4 Å². The molecule has 1 saturated heterocycles. The first kappa shape index (κ1) is 25.9. The molecule has 3 heterocycles. The first-order chi connectivity index (χ1) is 18.1. The Balaban J connectivity index is 1.37. The summed E-state index contributed by atoms with van der Waals surface area (Å²) in [4.78, 5) is 21.0. The molecular weight excluding hydrogens is 526 g/mol. The topological polar surface area (TPSA) is 63.0 Å². The monoisotopic (exact) mass is 547 g/mol. The van der Waals surface area contributed by atoms with Crippen molar-refractivity contribution in [1.82, 2.24) is 24.4 Å². The van der Waals surface area contributed by atoms with Crippen molar-refractivity contribution >= 4 is 23.2 Å². The van der Waals surface area contributed by atoms with Crippen molar-refractivity contribution in [3.05, 3.63) is 82.4 Å². The molecule has 0 unspecified atom stereocenters. The van der Waals surface area contributed by atoms with Crippen LogP contribution in [0, 0.1) is 5.82 Å². The Bertz CT molecular complexity index is 1460. The highest BCUT2D eigenvalue weighted by atomic mass is 35.5. The number of hydrogen-bond donors (Lipinski definition) is 0. The third-order valence-corrected chi connectivity index (χ3v) is 6.78. The van der Waals surface area contributed by atoms with Gasteiger partial charge in [-0.15, -0.1) is 0 Å². The van der Waals surface area contributed by atoms with Gasteiger partial charge in [-0.25, -0.2) is 13.9 Å². The molecule has 4 aromatic rings. The zero-order valence-corrected chi connectivity index (χ0v) is 20.9. The highest BCUT2D eigenvalue weighted by molar-refractivity contribution is 6.31. The van der Waals surface area contributed by atoms with E-state index in [0.717, 1.165) is 6.07 Å². The molecule has 1 fully saturated rings. The van der Waals surface area contributed by atoms with E-state index in [4.69, 9.17) is 16.3 Å². The predicted octanol–water partition coefficient (Wildman–Crippen LogP) is 5.17. The SMILES string of the molecule is COc1ccc(-c2cc(C(F)(F)F)n3nc(C(=O)N4CCN(Cc5c(F)cccc5Cl)CC4)cc3n2)cc1. The number of aromatic nitrogens is 3. The number of piperazine rings is 1. The summed E-state index contributed by atoms with van der Waals surface area (Å²) < 4.78 is 61.7. The fourth-order valence-corrected chi connectivity index (χ4v) is 4.59. The van der Waals surface area contributed by atoms with Crippen molar-refractivity contribution in [2.75, 3.05) is 33.3 Å². The molecule has 0 radical (unpaired) electrons. The number of carbonyl (C=O) groups excluding carboxylic acids is 1. The molecule has 198 valence electrons. The van der Waals surface area contributed by atoms with Crippen LogP contribution in [0.5, 0.6) is 5.75 Å². The Morgan fingerprint density at radius 1 is 1.05 bits per heavy atom. The van der Waals surface area contributed by atoms with Crippen LogP contribution in [-0.4, -0.2) is 63.6 Å². The van der Waals surface area contributed by atoms with Gasteiger partial charge >= 0.3 is 6.18 Å². The molecule has 0 spiro atoms. The van der Waals surface area contributed by atoms with Crippen LogP contribution in [0.2, 0.25) is 5.02 Å². The number of ether oxygens (including phenoxy) is 1. The molecule has 2 aromatic heterocycles. The van der Waals surface area contributed by atoms with Crippen LogP contribution >= 0.6 is 11.6 Å². The van der Waals surface area contributed by atoms with Crippen molar-refractivity contribution in [1.29, 1.82) is 0 Å². The van der Waals surface area contributed by atoms with Gasteiger partial charge in [0.1, 0.15) is 11.6 Å². The smallest absolute Gasteiger partial charge is 0.433 e. The van der Waals surface area contributed by atoms with E-state index < -0.39 is 23.6 Å². The molecule has 0 aliphatic carbocycles. The number of methoxy groups -OCH3 is 1. The number of benzene rings is 2. The van der Waals surface area contributed by atoms with Gasteiger partial charge in [0.2, 0.25) is 0 Å². The number of amides is 1. The van der Waals surface area contributed by atoms with E-state index in [0.29, 0.717) is 52.6 Å². The van der Waals surface area contributed by atoms with Gasteiger partial charge in [-0.2, -0.15) is 18.3 Å². The first-order valence-electron chi connectivity index (χ1n) is 11.7. The maximum Gasteiger partial charge on any atom is 0.433 e. The summed E-state index contributed by atoms with van der Waals surface area (Å²) in [5.41, 5.74) is -0.347. The second-order valence-corrected chi connectivity index (χ2v) is 9.23. The minimum Gasteiger partial charge on any atom is -0.497 e. The lowest BCUT2D eigenvalue weighted by Gasteiger charge is -2.34. The number of fused-ring (bicyclic) bond motifs is 1. The Morgan fingerprint density at radius 3 is 2.39 bits per heavy atom. The molecule has 7 nitrogen and oxygen atoms in total. The largest absolute Gasteiger partial charge is 0.497 e.